The number of hydrogen-bond donors (Lipinski definition) is 1. The maximum atomic E-state index is 9.98. The molecule has 0 radical (unpaired) electrons. The van der Waals surface area contributed by atoms with Gasteiger partial charge in [-0.05, 0) is 13.3 Å². The molecule has 0 bridgehead atoms. The molecule has 0 saturated heterocycles. The Bertz CT molecular complexity index is 443. The minimum Gasteiger partial charge on any atom is -0.509 e. The van der Waals surface area contributed by atoms with Crippen LogP contribution in [-0.4, -0.2) is 48.1 Å². The SMILES string of the molecule is CCCCCCCCCCCCCCCCN1CC(O)=C(C)N=C1N(C)C. The lowest BCUT2D eigenvalue weighted by Crippen LogP contribution is -2.44. The van der Waals surface area contributed by atoms with E-state index in [4.69, 9.17) is 0 Å². The molecule has 27 heavy (non-hydrogen) atoms. The molecule has 4 nitrogen and oxygen atoms in total. The first-order chi connectivity index (χ1) is 13.1. The summed E-state index contributed by atoms with van der Waals surface area (Å²) >= 11 is 0. The van der Waals surface area contributed by atoms with Crippen LogP contribution in [-0.2, 0) is 0 Å². The molecule has 4 heteroatoms. The Balaban J connectivity index is 1.96. The van der Waals surface area contributed by atoms with Crippen LogP contribution in [0.15, 0.2) is 16.4 Å². The van der Waals surface area contributed by atoms with Gasteiger partial charge in [0, 0.05) is 20.6 Å². The van der Waals surface area contributed by atoms with Gasteiger partial charge in [0.2, 0.25) is 5.96 Å². The Morgan fingerprint density at radius 1 is 0.815 bits per heavy atom. The van der Waals surface area contributed by atoms with Crippen molar-refractivity contribution in [2.45, 2.75) is 104 Å². The normalized spacial score (nSPS) is 14.7. The van der Waals surface area contributed by atoms with Crippen LogP contribution >= 0.6 is 0 Å². The zero-order chi connectivity index (χ0) is 19.9. The Hall–Kier alpha value is -1.19. The molecule has 1 aliphatic rings. The standard InChI is InChI=1S/C23H45N3O/c1-5-6-7-8-9-10-11-12-13-14-15-16-17-18-19-26-20-22(27)21(2)24-23(26)25(3)4/h27H,5-20H2,1-4H3. The molecule has 1 aliphatic heterocycles. The number of aliphatic hydroxyl groups is 1. The number of unbranched alkanes of at least 4 members (excludes halogenated alkanes) is 13. The summed E-state index contributed by atoms with van der Waals surface area (Å²) in [4.78, 5) is 8.77. The van der Waals surface area contributed by atoms with Crippen LogP contribution in [0, 0.1) is 0 Å². The smallest absolute Gasteiger partial charge is 0.201 e. The average molecular weight is 380 g/mol. The van der Waals surface area contributed by atoms with Gasteiger partial charge in [0.25, 0.3) is 0 Å². The lowest BCUT2D eigenvalue weighted by molar-refractivity contribution is 0.292. The fourth-order valence-electron chi connectivity index (χ4n) is 3.71. The summed E-state index contributed by atoms with van der Waals surface area (Å²) in [5.41, 5.74) is 0.746. The highest BCUT2D eigenvalue weighted by molar-refractivity contribution is 5.81. The van der Waals surface area contributed by atoms with Gasteiger partial charge in [0.1, 0.15) is 5.76 Å². The average Bonchev–Trinajstić information content (AvgIpc) is 2.64. The second-order valence-corrected chi connectivity index (χ2v) is 8.36. The number of hydrogen-bond acceptors (Lipinski definition) is 4. The van der Waals surface area contributed by atoms with E-state index in [-0.39, 0.29) is 0 Å². The van der Waals surface area contributed by atoms with E-state index in [2.05, 4.69) is 16.8 Å². The minimum atomic E-state index is 0.408. The molecule has 1 heterocycles. The molecule has 0 saturated carbocycles. The van der Waals surface area contributed by atoms with Crippen molar-refractivity contribution in [2.24, 2.45) is 4.99 Å². The third-order valence-corrected chi connectivity index (χ3v) is 5.49. The van der Waals surface area contributed by atoms with Crippen molar-refractivity contribution in [3.8, 4) is 0 Å². The van der Waals surface area contributed by atoms with Crippen molar-refractivity contribution in [3.63, 3.8) is 0 Å². The molecular formula is C23H45N3O. The molecule has 0 aromatic rings. The van der Waals surface area contributed by atoms with E-state index in [0.29, 0.717) is 12.3 Å². The summed E-state index contributed by atoms with van der Waals surface area (Å²) in [7, 11) is 4.04. The predicted molar refractivity (Wildman–Crippen MR) is 118 cm³/mol. The van der Waals surface area contributed by atoms with Crippen molar-refractivity contribution in [2.75, 3.05) is 27.2 Å². The molecule has 1 rings (SSSR count). The van der Waals surface area contributed by atoms with Gasteiger partial charge < -0.3 is 14.9 Å². The van der Waals surface area contributed by atoms with Crippen LogP contribution in [0.25, 0.3) is 0 Å². The minimum absolute atomic E-state index is 0.408. The predicted octanol–water partition coefficient (Wildman–Crippen LogP) is 6.49. The second kappa shape index (κ2) is 14.8. The highest BCUT2D eigenvalue weighted by atomic mass is 16.3. The van der Waals surface area contributed by atoms with Gasteiger partial charge in [0.15, 0.2) is 0 Å². The Kier molecular flexibility index (Phi) is 13.1. The third-order valence-electron chi connectivity index (χ3n) is 5.49. The lowest BCUT2D eigenvalue weighted by Gasteiger charge is -2.32. The number of allylic oxidation sites excluding steroid dienone is 1. The van der Waals surface area contributed by atoms with Crippen LogP contribution in [0.3, 0.4) is 0 Å². The molecule has 0 aromatic carbocycles. The van der Waals surface area contributed by atoms with E-state index >= 15 is 0 Å². The maximum Gasteiger partial charge on any atom is 0.201 e. The van der Waals surface area contributed by atoms with E-state index < -0.39 is 0 Å². The van der Waals surface area contributed by atoms with Crippen LogP contribution in [0.2, 0.25) is 0 Å². The highest BCUT2D eigenvalue weighted by Crippen LogP contribution is 2.16. The summed E-state index contributed by atoms with van der Waals surface area (Å²) in [5, 5.41) is 9.98. The van der Waals surface area contributed by atoms with E-state index in [1.807, 2.05) is 25.9 Å². The first kappa shape index (κ1) is 23.8. The summed E-state index contributed by atoms with van der Waals surface area (Å²) in [6.45, 7) is 5.74. The summed E-state index contributed by atoms with van der Waals surface area (Å²) in [6, 6.07) is 0. The largest absolute Gasteiger partial charge is 0.509 e. The number of aliphatic imine (C=N–C) groups is 1. The van der Waals surface area contributed by atoms with E-state index in [0.717, 1.165) is 18.2 Å². The van der Waals surface area contributed by atoms with Crippen LogP contribution in [0.4, 0.5) is 0 Å². The van der Waals surface area contributed by atoms with Gasteiger partial charge in [0.05, 0.1) is 12.2 Å². The van der Waals surface area contributed by atoms with Crippen molar-refractivity contribution < 1.29 is 5.11 Å². The van der Waals surface area contributed by atoms with Crippen LogP contribution in [0.5, 0.6) is 0 Å². The molecule has 1 N–H and O–H groups in total. The van der Waals surface area contributed by atoms with Gasteiger partial charge >= 0.3 is 0 Å². The molecule has 0 aliphatic carbocycles. The molecule has 0 amide bonds. The van der Waals surface area contributed by atoms with Crippen molar-refractivity contribution in [3.05, 3.63) is 11.5 Å². The zero-order valence-corrected chi connectivity index (χ0v) is 18.6. The topological polar surface area (TPSA) is 39.1 Å². The summed E-state index contributed by atoms with van der Waals surface area (Å²) in [5.74, 6) is 1.38. The first-order valence-electron chi connectivity index (χ1n) is 11.5. The van der Waals surface area contributed by atoms with Crippen molar-refractivity contribution >= 4 is 5.96 Å². The van der Waals surface area contributed by atoms with Gasteiger partial charge in [-0.3, -0.25) is 0 Å². The molecule has 0 unspecified atom stereocenters. The van der Waals surface area contributed by atoms with Crippen LogP contribution < -0.4 is 0 Å². The van der Waals surface area contributed by atoms with Gasteiger partial charge in [-0.15, -0.1) is 0 Å². The molecule has 0 atom stereocenters. The third kappa shape index (κ3) is 10.7. The Morgan fingerprint density at radius 2 is 1.26 bits per heavy atom. The number of nitrogens with zero attached hydrogens (tertiary/aromatic N) is 3. The molecule has 158 valence electrons. The molecule has 0 spiro atoms. The number of rotatable bonds is 15. The number of guanidine groups is 1. The summed E-state index contributed by atoms with van der Waals surface area (Å²) < 4.78 is 0. The van der Waals surface area contributed by atoms with Gasteiger partial charge in [-0.25, -0.2) is 4.99 Å². The molecule has 0 aromatic heterocycles. The lowest BCUT2D eigenvalue weighted by atomic mass is 10.0. The van der Waals surface area contributed by atoms with Gasteiger partial charge in [-0.1, -0.05) is 90.4 Å². The number of aliphatic hydroxyl groups excluding tert-OH is 1. The Labute approximate surface area is 168 Å². The molecular weight excluding hydrogens is 334 g/mol. The first-order valence-corrected chi connectivity index (χ1v) is 11.5. The maximum absolute atomic E-state index is 9.98. The van der Waals surface area contributed by atoms with E-state index in [1.165, 1.54) is 89.9 Å². The fraction of sp³-hybridized carbons (Fsp3) is 0.870. The summed E-state index contributed by atoms with van der Waals surface area (Å²) in [6.07, 6.45) is 19.4. The quantitative estimate of drug-likeness (QED) is 0.330. The van der Waals surface area contributed by atoms with Gasteiger partial charge in [-0.2, -0.15) is 0 Å². The Morgan fingerprint density at radius 3 is 1.70 bits per heavy atom. The monoisotopic (exact) mass is 379 g/mol. The van der Waals surface area contributed by atoms with Crippen molar-refractivity contribution in [1.82, 2.24) is 9.80 Å². The van der Waals surface area contributed by atoms with E-state index in [9.17, 15) is 5.11 Å². The second-order valence-electron chi connectivity index (χ2n) is 8.36. The molecule has 0 fully saturated rings. The highest BCUT2D eigenvalue weighted by Gasteiger charge is 2.20. The van der Waals surface area contributed by atoms with Crippen LogP contribution in [0.1, 0.15) is 104 Å². The fourth-order valence-corrected chi connectivity index (χ4v) is 3.71. The zero-order valence-electron chi connectivity index (χ0n) is 18.6. The van der Waals surface area contributed by atoms with E-state index in [1.54, 1.807) is 0 Å². The van der Waals surface area contributed by atoms with Crippen molar-refractivity contribution in [1.29, 1.82) is 0 Å².